The number of amides is 1. The molecular weight excluding hydrogens is 404 g/mol. The van der Waals surface area contributed by atoms with E-state index in [1.807, 2.05) is 0 Å². The Morgan fingerprint density at radius 2 is 2.00 bits per heavy atom. The highest BCUT2D eigenvalue weighted by Gasteiger charge is 2.14. The second-order valence-electron chi connectivity index (χ2n) is 6.12. The summed E-state index contributed by atoms with van der Waals surface area (Å²) in [5.41, 5.74) is 0.255. The molecule has 0 fully saturated rings. The van der Waals surface area contributed by atoms with Gasteiger partial charge in [0.25, 0.3) is 5.56 Å². The molecule has 0 unspecified atom stereocenters. The summed E-state index contributed by atoms with van der Waals surface area (Å²) in [5.74, 6) is -2.34. The molecule has 0 bridgehead atoms. The van der Waals surface area contributed by atoms with E-state index in [1.165, 1.54) is 17.2 Å². The third kappa shape index (κ3) is 3.72. The summed E-state index contributed by atoms with van der Waals surface area (Å²) in [6.45, 7) is -0.402. The van der Waals surface area contributed by atoms with Crippen molar-refractivity contribution in [1.82, 2.24) is 19.3 Å². The fraction of sp³-hybridized carbons (Fsp3) is 0.0526. The number of rotatable bonds is 4. The molecule has 0 saturated carbocycles. The first-order valence-electron chi connectivity index (χ1n) is 8.36. The normalized spacial score (nSPS) is 11.0. The molecule has 29 heavy (non-hydrogen) atoms. The summed E-state index contributed by atoms with van der Waals surface area (Å²) < 4.78 is 29.2. The molecule has 1 amide bonds. The largest absolute Gasteiger partial charge is 0.322 e. The lowest BCUT2D eigenvalue weighted by Gasteiger charge is -2.08. The van der Waals surface area contributed by atoms with Crippen LogP contribution >= 0.6 is 11.6 Å². The van der Waals surface area contributed by atoms with Crippen molar-refractivity contribution in [1.29, 1.82) is 0 Å². The van der Waals surface area contributed by atoms with Gasteiger partial charge in [-0.2, -0.15) is 5.10 Å². The molecule has 0 atom stereocenters. The van der Waals surface area contributed by atoms with Crippen molar-refractivity contribution < 1.29 is 13.6 Å². The smallest absolute Gasteiger partial charge is 0.264 e. The Balaban J connectivity index is 1.61. The van der Waals surface area contributed by atoms with Crippen LogP contribution in [0.3, 0.4) is 0 Å². The van der Waals surface area contributed by atoms with Crippen LogP contribution in [-0.4, -0.2) is 25.2 Å². The monoisotopic (exact) mass is 415 g/mol. The van der Waals surface area contributed by atoms with Crippen LogP contribution in [0.4, 0.5) is 14.5 Å². The molecule has 7 nitrogen and oxygen atoms in total. The molecule has 146 valence electrons. The molecule has 10 heteroatoms. The van der Waals surface area contributed by atoms with Gasteiger partial charge in [-0.1, -0.05) is 17.7 Å². The van der Waals surface area contributed by atoms with Gasteiger partial charge in [0.1, 0.15) is 29.9 Å². The molecule has 0 saturated heterocycles. The van der Waals surface area contributed by atoms with Crippen molar-refractivity contribution >= 4 is 34.2 Å². The zero-order chi connectivity index (χ0) is 20.5. The Morgan fingerprint density at radius 1 is 1.17 bits per heavy atom. The maximum absolute atomic E-state index is 13.7. The summed E-state index contributed by atoms with van der Waals surface area (Å²) in [6, 6.07) is 9.65. The second-order valence-corrected chi connectivity index (χ2v) is 6.56. The van der Waals surface area contributed by atoms with Crippen LogP contribution in [0.1, 0.15) is 0 Å². The molecule has 0 radical (unpaired) electrons. The number of fused-ring (bicyclic) bond motifs is 1. The van der Waals surface area contributed by atoms with E-state index in [9.17, 15) is 18.4 Å². The Bertz CT molecular complexity index is 1300. The minimum atomic E-state index is -0.915. The highest BCUT2D eigenvalue weighted by molar-refractivity contribution is 6.30. The van der Waals surface area contributed by atoms with Crippen LogP contribution < -0.4 is 10.9 Å². The van der Waals surface area contributed by atoms with Gasteiger partial charge in [-0.15, -0.1) is 0 Å². The minimum absolute atomic E-state index is 0.188. The van der Waals surface area contributed by atoms with E-state index in [2.05, 4.69) is 15.4 Å². The first kappa shape index (κ1) is 18.8. The van der Waals surface area contributed by atoms with Crippen molar-refractivity contribution in [3.63, 3.8) is 0 Å². The predicted octanol–water partition coefficient (Wildman–Crippen LogP) is 3.15. The highest BCUT2D eigenvalue weighted by Crippen LogP contribution is 2.18. The third-order valence-corrected chi connectivity index (χ3v) is 4.36. The van der Waals surface area contributed by atoms with Gasteiger partial charge in [-0.25, -0.2) is 18.4 Å². The topological polar surface area (TPSA) is 81.8 Å². The molecule has 0 aliphatic rings. The van der Waals surface area contributed by atoms with Crippen molar-refractivity contribution in [3.8, 4) is 5.69 Å². The van der Waals surface area contributed by atoms with E-state index in [0.29, 0.717) is 22.4 Å². The predicted molar refractivity (Wildman–Crippen MR) is 103 cm³/mol. The number of carbonyl (C=O) groups excluding carboxylic acids is 1. The second kappa shape index (κ2) is 7.44. The van der Waals surface area contributed by atoms with E-state index >= 15 is 0 Å². The molecule has 0 aliphatic heterocycles. The minimum Gasteiger partial charge on any atom is -0.322 e. The first-order chi connectivity index (χ1) is 13.9. The summed E-state index contributed by atoms with van der Waals surface area (Å²) in [4.78, 5) is 29.1. The average Bonchev–Trinajstić information content (AvgIpc) is 3.11. The summed E-state index contributed by atoms with van der Waals surface area (Å²) in [5, 5.41) is 7.17. The number of nitrogens with zero attached hydrogens (tertiary/aromatic N) is 4. The number of hydrogen-bond donors (Lipinski definition) is 1. The van der Waals surface area contributed by atoms with Gasteiger partial charge < -0.3 is 5.32 Å². The molecule has 2 aromatic heterocycles. The van der Waals surface area contributed by atoms with Crippen molar-refractivity contribution in [2.45, 2.75) is 6.54 Å². The van der Waals surface area contributed by atoms with Crippen LogP contribution in [0.2, 0.25) is 5.02 Å². The summed E-state index contributed by atoms with van der Waals surface area (Å²) in [6.07, 6.45) is 2.55. The lowest BCUT2D eigenvalue weighted by Crippen LogP contribution is -2.28. The molecule has 2 aromatic carbocycles. The number of hydrogen-bond acceptors (Lipinski definition) is 4. The molecule has 1 N–H and O–H groups in total. The number of carbonyl (C=O) groups is 1. The first-order valence-corrected chi connectivity index (χ1v) is 8.74. The summed E-state index contributed by atoms with van der Waals surface area (Å²) in [7, 11) is 0. The highest BCUT2D eigenvalue weighted by atomic mass is 35.5. The molecule has 4 rings (SSSR count). The maximum atomic E-state index is 13.7. The van der Waals surface area contributed by atoms with E-state index in [-0.39, 0.29) is 11.1 Å². The number of anilines is 1. The Hall–Kier alpha value is -3.59. The van der Waals surface area contributed by atoms with E-state index < -0.39 is 29.6 Å². The number of benzene rings is 2. The van der Waals surface area contributed by atoms with Crippen LogP contribution in [0.5, 0.6) is 0 Å². The molecule has 0 spiro atoms. The molecule has 0 aliphatic carbocycles. The lowest BCUT2D eigenvalue weighted by atomic mass is 10.3. The van der Waals surface area contributed by atoms with Crippen molar-refractivity contribution in [3.05, 3.63) is 82.0 Å². The zero-order valence-corrected chi connectivity index (χ0v) is 15.4. The number of aromatic nitrogens is 4. The summed E-state index contributed by atoms with van der Waals surface area (Å²) >= 11 is 5.99. The molecule has 4 aromatic rings. The van der Waals surface area contributed by atoms with Gasteiger partial charge in [0.2, 0.25) is 5.91 Å². The van der Waals surface area contributed by atoms with Gasteiger partial charge in [-0.05, 0) is 30.3 Å². The molecular formula is C19H12ClF2N5O2. The fourth-order valence-corrected chi connectivity index (χ4v) is 2.98. The molecule has 2 heterocycles. The van der Waals surface area contributed by atoms with Crippen molar-refractivity contribution in [2.24, 2.45) is 0 Å². The van der Waals surface area contributed by atoms with Gasteiger partial charge in [0.15, 0.2) is 5.65 Å². The SMILES string of the molecule is O=C(Cn1cnc2c(cnn2-c2cccc(Cl)c2)c1=O)Nc1ccc(F)cc1F. The lowest BCUT2D eigenvalue weighted by molar-refractivity contribution is -0.116. The number of nitrogens with one attached hydrogen (secondary N) is 1. The van der Waals surface area contributed by atoms with E-state index in [1.54, 1.807) is 24.3 Å². The van der Waals surface area contributed by atoms with E-state index in [0.717, 1.165) is 16.7 Å². The Kier molecular flexibility index (Phi) is 4.81. The van der Waals surface area contributed by atoms with Crippen LogP contribution in [-0.2, 0) is 11.3 Å². The van der Waals surface area contributed by atoms with Crippen LogP contribution in [0, 0.1) is 11.6 Å². The number of halogens is 3. The average molecular weight is 416 g/mol. The van der Waals surface area contributed by atoms with Gasteiger partial charge in [-0.3, -0.25) is 14.2 Å². The van der Waals surface area contributed by atoms with Gasteiger partial charge in [0.05, 0.1) is 17.6 Å². The Morgan fingerprint density at radius 3 is 2.76 bits per heavy atom. The maximum Gasteiger partial charge on any atom is 0.264 e. The standard InChI is InChI=1S/C19H12ClF2N5O2/c20-11-2-1-3-13(6-11)27-18-14(8-24-27)19(29)26(10-23-18)9-17(28)25-16-5-4-12(21)7-15(16)22/h1-8,10H,9H2,(H,25,28). The zero-order valence-electron chi connectivity index (χ0n) is 14.6. The van der Waals surface area contributed by atoms with Crippen molar-refractivity contribution in [2.75, 3.05) is 5.32 Å². The third-order valence-electron chi connectivity index (χ3n) is 4.13. The van der Waals surface area contributed by atoms with Gasteiger partial charge in [0, 0.05) is 11.1 Å². The Labute approximate surface area is 167 Å². The quantitative estimate of drug-likeness (QED) is 0.555. The van der Waals surface area contributed by atoms with Crippen LogP contribution in [0.15, 0.2) is 59.8 Å². The van der Waals surface area contributed by atoms with Crippen LogP contribution in [0.25, 0.3) is 16.7 Å². The van der Waals surface area contributed by atoms with Gasteiger partial charge >= 0.3 is 0 Å². The fourth-order valence-electron chi connectivity index (χ4n) is 2.79. The van der Waals surface area contributed by atoms with E-state index in [4.69, 9.17) is 11.6 Å².